The third kappa shape index (κ3) is 2.44. The number of thiazole rings is 1. The standard InChI is InChI=1S/C13H11BrFN3OS/c14-9-2-1-8(15)7-11(9)19-12-10(3-4-16)18-5-6-20-13(18)17-12/h1-2,5-7H,3-4,16H2. The summed E-state index contributed by atoms with van der Waals surface area (Å²) in [6.07, 6.45) is 2.56. The summed E-state index contributed by atoms with van der Waals surface area (Å²) in [5.74, 6) is 0.507. The van der Waals surface area contributed by atoms with E-state index in [-0.39, 0.29) is 5.82 Å². The molecule has 2 heterocycles. The van der Waals surface area contributed by atoms with Gasteiger partial charge >= 0.3 is 0 Å². The number of halogens is 2. The molecular formula is C13H11BrFN3OS. The zero-order chi connectivity index (χ0) is 14.1. The van der Waals surface area contributed by atoms with Crippen LogP contribution < -0.4 is 10.5 Å². The Kier molecular flexibility index (Phi) is 3.73. The van der Waals surface area contributed by atoms with Gasteiger partial charge in [0, 0.05) is 24.1 Å². The van der Waals surface area contributed by atoms with Crippen LogP contribution in [0.2, 0.25) is 0 Å². The molecule has 0 bridgehead atoms. The van der Waals surface area contributed by atoms with E-state index >= 15 is 0 Å². The average Bonchev–Trinajstić information content (AvgIpc) is 2.98. The fourth-order valence-electron chi connectivity index (χ4n) is 1.92. The quantitative estimate of drug-likeness (QED) is 0.777. The smallest absolute Gasteiger partial charge is 0.242 e. The summed E-state index contributed by atoms with van der Waals surface area (Å²) in [6.45, 7) is 0.490. The van der Waals surface area contributed by atoms with Gasteiger partial charge in [-0.15, -0.1) is 11.3 Å². The van der Waals surface area contributed by atoms with Gasteiger partial charge in [0.05, 0.1) is 10.2 Å². The Bertz CT molecular complexity index is 755. The Morgan fingerprint density at radius 3 is 3.10 bits per heavy atom. The van der Waals surface area contributed by atoms with E-state index in [0.29, 0.717) is 29.1 Å². The molecule has 20 heavy (non-hydrogen) atoms. The van der Waals surface area contributed by atoms with Crippen molar-refractivity contribution in [2.24, 2.45) is 5.73 Å². The number of nitrogens with zero attached hydrogens (tertiary/aromatic N) is 2. The highest BCUT2D eigenvalue weighted by Crippen LogP contribution is 2.33. The molecule has 3 rings (SSSR count). The van der Waals surface area contributed by atoms with E-state index < -0.39 is 0 Å². The molecule has 0 saturated heterocycles. The third-order valence-corrected chi connectivity index (χ3v) is 4.22. The molecule has 0 unspecified atom stereocenters. The Labute approximate surface area is 127 Å². The number of imidazole rings is 1. The molecule has 0 amide bonds. The summed E-state index contributed by atoms with van der Waals surface area (Å²) >= 11 is 4.85. The van der Waals surface area contributed by atoms with E-state index in [1.165, 1.54) is 23.5 Å². The minimum Gasteiger partial charge on any atom is -0.436 e. The molecule has 4 nitrogen and oxygen atoms in total. The van der Waals surface area contributed by atoms with Gasteiger partial charge in [0.2, 0.25) is 5.88 Å². The fourth-order valence-corrected chi connectivity index (χ4v) is 2.97. The second kappa shape index (κ2) is 5.51. The van der Waals surface area contributed by atoms with Crippen LogP contribution in [0.4, 0.5) is 4.39 Å². The second-order valence-electron chi connectivity index (χ2n) is 4.13. The molecule has 104 valence electrons. The van der Waals surface area contributed by atoms with E-state index in [1.54, 1.807) is 6.07 Å². The summed E-state index contributed by atoms with van der Waals surface area (Å²) < 4.78 is 21.7. The SMILES string of the molecule is NCCc1c(Oc2cc(F)ccc2Br)nc2sccn12. The molecule has 0 fully saturated rings. The van der Waals surface area contributed by atoms with Crippen molar-refractivity contribution in [3.63, 3.8) is 0 Å². The predicted octanol–water partition coefficient (Wildman–Crippen LogP) is 3.59. The first kappa shape index (κ1) is 13.5. The number of aromatic nitrogens is 2. The Balaban J connectivity index is 2.03. The average molecular weight is 356 g/mol. The number of rotatable bonds is 4. The van der Waals surface area contributed by atoms with Gasteiger partial charge in [0.15, 0.2) is 4.96 Å². The first-order chi connectivity index (χ1) is 9.69. The fraction of sp³-hybridized carbons (Fsp3) is 0.154. The van der Waals surface area contributed by atoms with Crippen molar-refractivity contribution in [3.8, 4) is 11.6 Å². The van der Waals surface area contributed by atoms with Crippen molar-refractivity contribution in [2.75, 3.05) is 6.54 Å². The van der Waals surface area contributed by atoms with Crippen LogP contribution in [-0.4, -0.2) is 15.9 Å². The molecule has 3 aromatic rings. The van der Waals surface area contributed by atoms with Crippen molar-refractivity contribution >= 4 is 32.2 Å². The van der Waals surface area contributed by atoms with Crippen LogP contribution in [0.3, 0.4) is 0 Å². The first-order valence-corrected chi connectivity index (χ1v) is 7.63. The Morgan fingerprint density at radius 2 is 2.30 bits per heavy atom. The third-order valence-electron chi connectivity index (χ3n) is 2.81. The lowest BCUT2D eigenvalue weighted by atomic mass is 10.3. The van der Waals surface area contributed by atoms with Crippen molar-refractivity contribution in [1.82, 2.24) is 9.38 Å². The normalized spacial score (nSPS) is 11.2. The lowest BCUT2D eigenvalue weighted by molar-refractivity contribution is 0.451. The molecule has 0 aliphatic rings. The summed E-state index contributed by atoms with van der Waals surface area (Å²) in [4.78, 5) is 5.25. The van der Waals surface area contributed by atoms with Gasteiger partial charge in [0.25, 0.3) is 0 Å². The lowest BCUT2D eigenvalue weighted by Gasteiger charge is -2.07. The lowest BCUT2D eigenvalue weighted by Crippen LogP contribution is -2.05. The minimum atomic E-state index is -0.357. The van der Waals surface area contributed by atoms with Crippen molar-refractivity contribution in [1.29, 1.82) is 0 Å². The van der Waals surface area contributed by atoms with Crippen LogP contribution in [0, 0.1) is 5.82 Å². The van der Waals surface area contributed by atoms with Crippen LogP contribution >= 0.6 is 27.3 Å². The Morgan fingerprint density at radius 1 is 1.45 bits per heavy atom. The molecular weight excluding hydrogens is 345 g/mol. The van der Waals surface area contributed by atoms with E-state index in [9.17, 15) is 4.39 Å². The van der Waals surface area contributed by atoms with Gasteiger partial charge in [-0.1, -0.05) is 0 Å². The summed E-state index contributed by atoms with van der Waals surface area (Å²) in [5, 5.41) is 1.95. The molecule has 0 aliphatic heterocycles. The van der Waals surface area contributed by atoms with Crippen molar-refractivity contribution < 1.29 is 9.13 Å². The molecule has 2 N–H and O–H groups in total. The molecule has 0 aliphatic carbocycles. The van der Waals surface area contributed by atoms with Crippen LogP contribution in [-0.2, 0) is 6.42 Å². The maximum absolute atomic E-state index is 13.3. The monoisotopic (exact) mass is 355 g/mol. The van der Waals surface area contributed by atoms with Crippen molar-refractivity contribution in [3.05, 3.63) is 45.8 Å². The molecule has 0 atom stereocenters. The van der Waals surface area contributed by atoms with Crippen LogP contribution in [0.1, 0.15) is 5.69 Å². The Hall–Kier alpha value is -1.44. The van der Waals surface area contributed by atoms with Gasteiger partial charge < -0.3 is 10.5 Å². The van der Waals surface area contributed by atoms with Gasteiger partial charge in [-0.2, -0.15) is 4.98 Å². The van der Waals surface area contributed by atoms with Gasteiger partial charge in [-0.05, 0) is 34.6 Å². The van der Waals surface area contributed by atoms with E-state index in [1.807, 2.05) is 16.0 Å². The highest BCUT2D eigenvalue weighted by atomic mass is 79.9. The minimum absolute atomic E-state index is 0.357. The zero-order valence-electron chi connectivity index (χ0n) is 10.3. The van der Waals surface area contributed by atoms with Gasteiger partial charge in [-0.25, -0.2) is 4.39 Å². The molecule has 0 radical (unpaired) electrons. The molecule has 2 aromatic heterocycles. The number of hydrogen-bond donors (Lipinski definition) is 1. The number of fused-ring (bicyclic) bond motifs is 1. The zero-order valence-corrected chi connectivity index (χ0v) is 12.7. The first-order valence-electron chi connectivity index (χ1n) is 5.96. The van der Waals surface area contributed by atoms with Crippen molar-refractivity contribution in [2.45, 2.75) is 6.42 Å². The van der Waals surface area contributed by atoms with E-state index in [2.05, 4.69) is 20.9 Å². The highest BCUT2D eigenvalue weighted by Gasteiger charge is 2.16. The summed E-state index contributed by atoms with van der Waals surface area (Å²) in [5.41, 5.74) is 6.52. The largest absolute Gasteiger partial charge is 0.436 e. The number of ether oxygens (including phenoxy) is 1. The van der Waals surface area contributed by atoms with E-state index in [0.717, 1.165) is 10.7 Å². The maximum atomic E-state index is 13.3. The number of hydrogen-bond acceptors (Lipinski definition) is 4. The highest BCUT2D eigenvalue weighted by molar-refractivity contribution is 9.10. The van der Waals surface area contributed by atoms with Crippen LogP contribution in [0.15, 0.2) is 34.2 Å². The van der Waals surface area contributed by atoms with Crippen LogP contribution in [0.25, 0.3) is 4.96 Å². The molecule has 7 heteroatoms. The predicted molar refractivity (Wildman–Crippen MR) is 80.0 cm³/mol. The van der Waals surface area contributed by atoms with E-state index in [4.69, 9.17) is 10.5 Å². The molecule has 1 aromatic carbocycles. The number of nitrogens with two attached hydrogens (primary N) is 1. The van der Waals surface area contributed by atoms with Gasteiger partial charge in [-0.3, -0.25) is 4.40 Å². The topological polar surface area (TPSA) is 52.5 Å². The summed E-state index contributed by atoms with van der Waals surface area (Å²) in [6, 6.07) is 4.29. The molecule has 0 spiro atoms. The molecule has 0 saturated carbocycles. The maximum Gasteiger partial charge on any atom is 0.242 e. The second-order valence-corrected chi connectivity index (χ2v) is 5.86. The van der Waals surface area contributed by atoms with Gasteiger partial charge in [0.1, 0.15) is 11.6 Å². The number of benzene rings is 1. The summed E-state index contributed by atoms with van der Waals surface area (Å²) in [7, 11) is 0. The van der Waals surface area contributed by atoms with Crippen LogP contribution in [0.5, 0.6) is 11.6 Å².